The molecule has 5 nitrogen and oxygen atoms in total. The van der Waals surface area contributed by atoms with Crippen molar-refractivity contribution in [3.63, 3.8) is 0 Å². The first kappa shape index (κ1) is 17.2. The van der Waals surface area contributed by atoms with Crippen LogP contribution in [0.3, 0.4) is 0 Å². The Morgan fingerprint density at radius 1 is 1.15 bits per heavy atom. The van der Waals surface area contributed by atoms with E-state index in [1.54, 1.807) is 29.8 Å². The molecule has 136 valence electrons. The Kier molecular flexibility index (Phi) is 4.15. The number of benzene rings is 2. The average molecular weight is 388 g/mol. The number of carbonyl (C=O) groups is 1. The van der Waals surface area contributed by atoms with E-state index in [2.05, 4.69) is 20.3 Å². The Bertz CT molecular complexity index is 1120. The summed E-state index contributed by atoms with van der Waals surface area (Å²) in [6, 6.07) is 9.85. The Morgan fingerprint density at radius 3 is 2.70 bits per heavy atom. The Balaban J connectivity index is 1.74. The third-order valence-corrected chi connectivity index (χ3v) is 4.56. The number of aromatic nitrogens is 3. The van der Waals surface area contributed by atoms with Crippen molar-refractivity contribution in [3.05, 3.63) is 65.2 Å². The summed E-state index contributed by atoms with van der Waals surface area (Å²) in [4.78, 5) is 23.8. The third kappa shape index (κ3) is 3.41. The maximum atomic E-state index is 12.9. The molecule has 9 heteroatoms. The number of para-hydroxylation sites is 1. The van der Waals surface area contributed by atoms with E-state index in [-0.39, 0.29) is 11.4 Å². The van der Waals surface area contributed by atoms with Crippen molar-refractivity contribution in [1.82, 2.24) is 15.0 Å². The highest BCUT2D eigenvalue weighted by molar-refractivity contribution is 7.13. The largest absolute Gasteiger partial charge is 0.416 e. The van der Waals surface area contributed by atoms with Crippen molar-refractivity contribution < 1.29 is 18.0 Å². The van der Waals surface area contributed by atoms with Gasteiger partial charge in [0.15, 0.2) is 5.13 Å². The molecule has 2 N–H and O–H groups in total. The topological polar surface area (TPSA) is 70.7 Å². The van der Waals surface area contributed by atoms with Crippen LogP contribution in [0.1, 0.15) is 15.9 Å². The number of aromatic amines is 1. The monoisotopic (exact) mass is 388 g/mol. The molecule has 0 aliphatic carbocycles. The number of imidazole rings is 1. The predicted molar refractivity (Wildman–Crippen MR) is 96.6 cm³/mol. The van der Waals surface area contributed by atoms with Crippen LogP contribution < -0.4 is 5.32 Å². The summed E-state index contributed by atoms with van der Waals surface area (Å²) in [5, 5.41) is 4.86. The second-order valence-corrected chi connectivity index (χ2v) is 6.55. The van der Waals surface area contributed by atoms with Crippen LogP contribution in [-0.4, -0.2) is 20.9 Å². The summed E-state index contributed by atoms with van der Waals surface area (Å²) < 4.78 is 38.8. The number of thiazole rings is 1. The average Bonchev–Trinajstić information content (AvgIpc) is 3.30. The van der Waals surface area contributed by atoms with Crippen LogP contribution in [0.15, 0.2) is 54.0 Å². The molecule has 4 rings (SSSR count). The van der Waals surface area contributed by atoms with Crippen LogP contribution in [0.25, 0.3) is 22.4 Å². The lowest BCUT2D eigenvalue weighted by Crippen LogP contribution is -2.12. The fourth-order valence-corrected chi connectivity index (χ4v) is 3.17. The maximum absolute atomic E-state index is 12.9. The smallest absolute Gasteiger partial charge is 0.338 e. The highest BCUT2D eigenvalue weighted by Crippen LogP contribution is 2.32. The molecular formula is C18H11F3N4OS. The molecular weight excluding hydrogens is 377 g/mol. The predicted octanol–water partition coefficient (Wildman–Crippen LogP) is 4.96. The molecule has 2 heterocycles. The summed E-state index contributed by atoms with van der Waals surface area (Å²) in [6.07, 6.45) is -2.87. The lowest BCUT2D eigenvalue weighted by molar-refractivity contribution is -0.137. The molecule has 0 atom stereocenters. The van der Waals surface area contributed by atoms with Crippen LogP contribution in [0, 0.1) is 0 Å². The number of nitrogens with zero attached hydrogens (tertiary/aromatic N) is 2. The lowest BCUT2D eigenvalue weighted by Gasteiger charge is -2.07. The van der Waals surface area contributed by atoms with Gasteiger partial charge in [0.1, 0.15) is 11.3 Å². The Hall–Kier alpha value is -3.20. The van der Waals surface area contributed by atoms with E-state index in [4.69, 9.17) is 0 Å². The molecule has 0 bridgehead atoms. The van der Waals surface area contributed by atoms with Gasteiger partial charge in [-0.1, -0.05) is 18.2 Å². The van der Waals surface area contributed by atoms with Crippen molar-refractivity contribution in [2.45, 2.75) is 6.18 Å². The first-order valence-electron chi connectivity index (χ1n) is 7.79. The molecule has 2 aromatic carbocycles. The van der Waals surface area contributed by atoms with E-state index in [1.165, 1.54) is 23.5 Å². The molecule has 4 aromatic rings. The SMILES string of the molecule is O=C(Nc1nccs1)c1cccc2[nH]c(-c3cccc(C(F)(F)F)c3)nc12. The number of hydrogen-bond donors (Lipinski definition) is 2. The quantitative estimate of drug-likeness (QED) is 0.521. The third-order valence-electron chi connectivity index (χ3n) is 3.87. The van der Waals surface area contributed by atoms with Gasteiger partial charge >= 0.3 is 6.18 Å². The van der Waals surface area contributed by atoms with Crippen molar-refractivity contribution >= 4 is 33.4 Å². The molecule has 0 aliphatic rings. The van der Waals surface area contributed by atoms with Crippen LogP contribution in [-0.2, 0) is 6.18 Å². The summed E-state index contributed by atoms with van der Waals surface area (Å²) >= 11 is 1.28. The van der Waals surface area contributed by atoms with Crippen LogP contribution in [0.5, 0.6) is 0 Å². The van der Waals surface area contributed by atoms with Crippen LogP contribution >= 0.6 is 11.3 Å². The highest BCUT2D eigenvalue weighted by atomic mass is 32.1. The number of hydrogen-bond acceptors (Lipinski definition) is 4. The molecule has 0 fully saturated rings. The lowest BCUT2D eigenvalue weighted by atomic mass is 10.1. The normalized spacial score (nSPS) is 11.7. The number of nitrogens with one attached hydrogen (secondary N) is 2. The summed E-state index contributed by atoms with van der Waals surface area (Å²) in [6.45, 7) is 0. The first-order valence-corrected chi connectivity index (χ1v) is 8.67. The summed E-state index contributed by atoms with van der Waals surface area (Å²) in [7, 11) is 0. The molecule has 0 radical (unpaired) electrons. The summed E-state index contributed by atoms with van der Waals surface area (Å²) in [5.41, 5.74) is 0.750. The molecule has 27 heavy (non-hydrogen) atoms. The molecule has 0 unspecified atom stereocenters. The van der Waals surface area contributed by atoms with Crippen molar-refractivity contribution in [2.24, 2.45) is 0 Å². The number of amides is 1. The zero-order valence-electron chi connectivity index (χ0n) is 13.5. The van der Waals surface area contributed by atoms with Gasteiger partial charge in [0.25, 0.3) is 5.91 Å². The van der Waals surface area contributed by atoms with Gasteiger partial charge in [0.05, 0.1) is 16.6 Å². The number of fused-ring (bicyclic) bond motifs is 1. The van der Waals surface area contributed by atoms with Crippen molar-refractivity contribution in [3.8, 4) is 11.4 Å². The van der Waals surface area contributed by atoms with Crippen LogP contribution in [0.4, 0.5) is 18.3 Å². The van der Waals surface area contributed by atoms with Gasteiger partial charge in [-0.2, -0.15) is 13.2 Å². The Labute approximate surface area is 154 Å². The molecule has 0 saturated heterocycles. The Morgan fingerprint density at radius 2 is 1.96 bits per heavy atom. The standard InChI is InChI=1S/C18H11F3N4OS/c19-18(20,21)11-4-1-3-10(9-11)15-23-13-6-2-5-12(14(13)24-15)16(26)25-17-22-7-8-27-17/h1-9H,(H,23,24)(H,22,25,26). The minimum absolute atomic E-state index is 0.255. The van der Waals surface area contributed by atoms with E-state index in [9.17, 15) is 18.0 Å². The van der Waals surface area contributed by atoms with Crippen LogP contribution in [0.2, 0.25) is 0 Å². The number of carbonyl (C=O) groups excluding carboxylic acids is 1. The van der Waals surface area contributed by atoms with Gasteiger partial charge in [0.2, 0.25) is 0 Å². The fraction of sp³-hybridized carbons (Fsp3) is 0.0556. The molecule has 0 spiro atoms. The van der Waals surface area contributed by atoms with E-state index >= 15 is 0 Å². The molecule has 2 aromatic heterocycles. The van der Waals surface area contributed by atoms with Gasteiger partial charge in [-0.25, -0.2) is 9.97 Å². The minimum atomic E-state index is -4.44. The first-order chi connectivity index (χ1) is 12.9. The number of rotatable bonds is 3. The van der Waals surface area contributed by atoms with Gasteiger partial charge in [-0.05, 0) is 24.3 Å². The molecule has 1 amide bonds. The second kappa shape index (κ2) is 6.51. The zero-order chi connectivity index (χ0) is 19.0. The number of anilines is 1. The minimum Gasteiger partial charge on any atom is -0.338 e. The zero-order valence-corrected chi connectivity index (χ0v) is 14.4. The highest BCUT2D eigenvalue weighted by Gasteiger charge is 2.30. The number of H-pyrrole nitrogens is 1. The van der Waals surface area contributed by atoms with Gasteiger partial charge in [-0.3, -0.25) is 10.1 Å². The van der Waals surface area contributed by atoms with Gasteiger partial charge in [0, 0.05) is 17.1 Å². The number of halogens is 3. The van der Waals surface area contributed by atoms with E-state index < -0.39 is 17.6 Å². The van der Waals surface area contributed by atoms with E-state index in [0.29, 0.717) is 21.7 Å². The molecule has 0 aliphatic heterocycles. The second-order valence-electron chi connectivity index (χ2n) is 5.66. The van der Waals surface area contributed by atoms with Gasteiger partial charge < -0.3 is 4.98 Å². The van der Waals surface area contributed by atoms with Crippen molar-refractivity contribution in [1.29, 1.82) is 0 Å². The van der Waals surface area contributed by atoms with E-state index in [0.717, 1.165) is 12.1 Å². The maximum Gasteiger partial charge on any atom is 0.416 e. The van der Waals surface area contributed by atoms with E-state index in [1.807, 2.05) is 0 Å². The van der Waals surface area contributed by atoms with Crippen molar-refractivity contribution in [2.75, 3.05) is 5.32 Å². The van der Waals surface area contributed by atoms with Gasteiger partial charge in [-0.15, -0.1) is 11.3 Å². The summed E-state index contributed by atoms with van der Waals surface area (Å²) in [5.74, 6) is -0.136. The number of alkyl halides is 3. The molecule has 0 saturated carbocycles. The fourth-order valence-electron chi connectivity index (χ4n) is 2.64.